The molecule has 0 aromatic carbocycles. The summed E-state index contributed by atoms with van der Waals surface area (Å²) in [7, 11) is 6.24. The van der Waals surface area contributed by atoms with E-state index in [2.05, 4.69) is 20.8 Å². The van der Waals surface area contributed by atoms with Crippen molar-refractivity contribution in [1.82, 2.24) is 0 Å². The number of carbonyl (C=O) groups is 1. The zero-order chi connectivity index (χ0) is 25.4. The number of fused-ring (bicyclic) bond motifs is 5. The quantitative estimate of drug-likeness (QED) is 0.282. The van der Waals surface area contributed by atoms with E-state index in [0.29, 0.717) is 35.5 Å². The summed E-state index contributed by atoms with van der Waals surface area (Å²) in [6.07, 6.45) is 11.5. The summed E-state index contributed by atoms with van der Waals surface area (Å²) in [5.41, 5.74) is 0.379. The lowest BCUT2D eigenvalue weighted by atomic mass is 9.44. The molecule has 4 rings (SSSR count). The predicted octanol–water partition coefficient (Wildman–Crippen LogP) is 6.17. The predicted molar refractivity (Wildman–Crippen MR) is 134 cm³/mol. The van der Waals surface area contributed by atoms with Crippen molar-refractivity contribution >= 4 is 5.97 Å². The minimum atomic E-state index is -1.49. The van der Waals surface area contributed by atoms with Crippen LogP contribution < -0.4 is 0 Å². The maximum Gasteiger partial charge on any atom is 0.412 e. The van der Waals surface area contributed by atoms with Crippen LogP contribution in [0.5, 0.6) is 0 Å². The highest BCUT2D eigenvalue weighted by atomic mass is 17.0. The van der Waals surface area contributed by atoms with Crippen molar-refractivity contribution in [2.24, 2.45) is 46.3 Å². The maximum absolute atomic E-state index is 11.9. The van der Waals surface area contributed by atoms with Crippen LogP contribution >= 0.6 is 0 Å². The molecule has 0 amide bonds. The number of carbonyl (C=O) groups excluding carboxylic acids is 1. The number of ether oxygens (including phenoxy) is 5. The van der Waals surface area contributed by atoms with Crippen LogP contribution in [0.25, 0.3) is 0 Å². The molecule has 0 radical (unpaired) electrons. The summed E-state index contributed by atoms with van der Waals surface area (Å²) in [4.78, 5) is 11.9. The molecule has 0 heterocycles. The normalized spacial score (nSPS) is 42.0. The first-order chi connectivity index (χ1) is 16.7. The molecular formula is C29H50O6. The van der Waals surface area contributed by atoms with Crippen molar-refractivity contribution in [3.05, 3.63) is 0 Å². The average Bonchev–Trinajstić information content (AvgIpc) is 3.24. The Balaban J connectivity index is 1.68. The largest absolute Gasteiger partial charge is 0.469 e. The Morgan fingerprint density at radius 3 is 2.31 bits per heavy atom. The molecule has 0 aliphatic heterocycles. The van der Waals surface area contributed by atoms with Gasteiger partial charge in [0, 0.05) is 33.2 Å². The summed E-state index contributed by atoms with van der Waals surface area (Å²) >= 11 is 0. The van der Waals surface area contributed by atoms with E-state index >= 15 is 0 Å². The molecular weight excluding hydrogens is 444 g/mol. The molecule has 0 saturated heterocycles. The first-order valence-corrected chi connectivity index (χ1v) is 14.1. The fourth-order valence-corrected chi connectivity index (χ4v) is 9.59. The van der Waals surface area contributed by atoms with Crippen molar-refractivity contribution in [1.29, 1.82) is 0 Å². The van der Waals surface area contributed by atoms with E-state index in [9.17, 15) is 4.79 Å². The third kappa shape index (κ3) is 4.59. The molecule has 4 saturated carbocycles. The van der Waals surface area contributed by atoms with Crippen LogP contribution in [-0.2, 0) is 28.5 Å². The third-order valence-electron chi connectivity index (χ3n) is 11.5. The third-order valence-corrected chi connectivity index (χ3v) is 11.5. The van der Waals surface area contributed by atoms with Crippen molar-refractivity contribution in [3.8, 4) is 0 Å². The Kier molecular flexibility index (Phi) is 8.27. The SMILES string of the molecule is COC(=O)CC[C@@H](C)[C@H]1CC[C@H]2[C@@H]3CC[C@@H]4CCCC[C@]4(C)[C@H]3C[C@H](OC(OC)(OC)OC)[C@]12C. The summed E-state index contributed by atoms with van der Waals surface area (Å²) in [6, 6.07) is 0. The first kappa shape index (κ1) is 27.3. The maximum atomic E-state index is 11.9. The molecule has 35 heavy (non-hydrogen) atoms. The second-order valence-corrected chi connectivity index (χ2v) is 12.5. The number of methoxy groups -OCH3 is 4. The van der Waals surface area contributed by atoms with Gasteiger partial charge < -0.3 is 18.9 Å². The molecule has 0 spiro atoms. The highest BCUT2D eigenvalue weighted by molar-refractivity contribution is 5.69. The van der Waals surface area contributed by atoms with Crippen LogP contribution in [0.2, 0.25) is 0 Å². The van der Waals surface area contributed by atoms with E-state index < -0.39 is 6.16 Å². The minimum absolute atomic E-state index is 0.0184. The molecule has 4 aliphatic carbocycles. The van der Waals surface area contributed by atoms with E-state index in [0.717, 1.165) is 24.7 Å². The van der Waals surface area contributed by atoms with Crippen molar-refractivity contribution in [3.63, 3.8) is 0 Å². The van der Waals surface area contributed by atoms with E-state index in [4.69, 9.17) is 23.7 Å². The number of rotatable bonds is 9. The average molecular weight is 495 g/mol. The molecule has 0 aromatic heterocycles. The van der Waals surface area contributed by atoms with Crippen LogP contribution in [0.15, 0.2) is 0 Å². The van der Waals surface area contributed by atoms with Crippen LogP contribution in [0.3, 0.4) is 0 Å². The zero-order valence-electron chi connectivity index (χ0n) is 23.3. The Morgan fingerprint density at radius 1 is 0.943 bits per heavy atom. The standard InChI is InChI=1S/C29H50O6/c1-19(11-16-26(30)31-4)22-14-15-23-21-13-12-20-10-8-9-17-27(20,2)24(21)18-25(28(22,23)3)35-29(32-5,33-6)34-7/h19-25H,8-18H2,1-7H3/t19-,20+,21+,22-,23+,24+,25+,27+,28-/m1/s1. The van der Waals surface area contributed by atoms with Crippen LogP contribution in [-0.4, -0.2) is 46.7 Å². The van der Waals surface area contributed by atoms with Crippen molar-refractivity contribution < 1.29 is 28.5 Å². The van der Waals surface area contributed by atoms with Crippen LogP contribution in [0.4, 0.5) is 0 Å². The van der Waals surface area contributed by atoms with Gasteiger partial charge >= 0.3 is 12.1 Å². The van der Waals surface area contributed by atoms with Gasteiger partial charge in [-0.05, 0) is 92.3 Å². The second-order valence-electron chi connectivity index (χ2n) is 12.5. The summed E-state index contributed by atoms with van der Waals surface area (Å²) < 4.78 is 28.7. The Hall–Kier alpha value is -0.690. The molecule has 0 bridgehead atoms. The van der Waals surface area contributed by atoms with Gasteiger partial charge in [0.25, 0.3) is 0 Å². The fraction of sp³-hybridized carbons (Fsp3) is 0.966. The van der Waals surface area contributed by atoms with Gasteiger partial charge in [0.05, 0.1) is 13.2 Å². The van der Waals surface area contributed by atoms with Gasteiger partial charge in [-0.2, -0.15) is 0 Å². The van der Waals surface area contributed by atoms with Gasteiger partial charge in [0.1, 0.15) is 0 Å². The van der Waals surface area contributed by atoms with Crippen LogP contribution in [0.1, 0.15) is 91.4 Å². The molecule has 0 aromatic rings. The van der Waals surface area contributed by atoms with Crippen LogP contribution in [0, 0.1) is 46.3 Å². The molecule has 202 valence electrons. The lowest BCUT2D eigenvalue weighted by Gasteiger charge is -2.63. The Morgan fingerprint density at radius 2 is 1.66 bits per heavy atom. The lowest BCUT2D eigenvalue weighted by molar-refractivity contribution is -0.499. The summed E-state index contributed by atoms with van der Waals surface area (Å²) in [6.45, 7) is 7.38. The second kappa shape index (κ2) is 10.6. The number of esters is 1. The topological polar surface area (TPSA) is 63.2 Å². The monoisotopic (exact) mass is 494 g/mol. The van der Waals surface area contributed by atoms with Gasteiger partial charge in [-0.1, -0.05) is 33.6 Å². The molecule has 0 N–H and O–H groups in total. The molecule has 0 unspecified atom stereocenters. The van der Waals surface area contributed by atoms with Gasteiger partial charge in [-0.15, -0.1) is 0 Å². The van der Waals surface area contributed by atoms with Gasteiger partial charge in [-0.3, -0.25) is 9.53 Å². The highest BCUT2D eigenvalue weighted by Gasteiger charge is 2.65. The molecule has 9 atom stereocenters. The van der Waals surface area contributed by atoms with Gasteiger partial charge in [0.15, 0.2) is 0 Å². The highest BCUT2D eigenvalue weighted by Crippen LogP contribution is 2.69. The number of hydrogen-bond acceptors (Lipinski definition) is 6. The Bertz CT molecular complexity index is 728. The minimum Gasteiger partial charge on any atom is -0.469 e. The lowest BCUT2D eigenvalue weighted by Crippen LogP contribution is -2.60. The van der Waals surface area contributed by atoms with E-state index in [1.54, 1.807) is 21.3 Å². The van der Waals surface area contributed by atoms with E-state index in [-0.39, 0.29) is 17.5 Å². The molecule has 4 fully saturated rings. The first-order valence-electron chi connectivity index (χ1n) is 14.1. The zero-order valence-corrected chi connectivity index (χ0v) is 23.3. The molecule has 6 nitrogen and oxygen atoms in total. The number of hydrogen-bond donors (Lipinski definition) is 0. The van der Waals surface area contributed by atoms with Gasteiger partial charge in [-0.25, -0.2) is 0 Å². The summed E-state index contributed by atoms with van der Waals surface area (Å²) in [5.74, 6) is 3.64. The fourth-order valence-electron chi connectivity index (χ4n) is 9.59. The van der Waals surface area contributed by atoms with Crippen molar-refractivity contribution in [2.45, 2.75) is 104 Å². The van der Waals surface area contributed by atoms with E-state index in [1.165, 1.54) is 58.5 Å². The van der Waals surface area contributed by atoms with E-state index in [1.807, 2.05) is 0 Å². The Labute approximate surface area is 213 Å². The van der Waals surface area contributed by atoms with Crippen molar-refractivity contribution in [2.75, 3.05) is 28.4 Å². The molecule has 4 aliphatic rings. The molecule has 6 heteroatoms. The van der Waals surface area contributed by atoms with Gasteiger partial charge in [0.2, 0.25) is 0 Å². The smallest absolute Gasteiger partial charge is 0.412 e. The summed E-state index contributed by atoms with van der Waals surface area (Å²) in [5, 5.41) is 0.